The van der Waals surface area contributed by atoms with Crippen LogP contribution in [0.4, 0.5) is 5.82 Å². The molecule has 2 aromatic heterocycles. The highest BCUT2D eigenvalue weighted by atomic mass is 31.2. The number of rotatable bonds is 11. The van der Waals surface area contributed by atoms with Gasteiger partial charge in [-0.15, -0.1) is 0 Å². The summed E-state index contributed by atoms with van der Waals surface area (Å²) in [6.45, 7) is 1.35. The van der Waals surface area contributed by atoms with Crippen molar-refractivity contribution in [1.29, 1.82) is 0 Å². The zero-order valence-corrected chi connectivity index (χ0v) is 22.5. The van der Waals surface area contributed by atoms with E-state index in [1.807, 2.05) is 30.3 Å². The number of benzene rings is 2. The number of nitrogens with zero attached hydrogens (tertiary/aromatic N) is 4. The maximum atomic E-state index is 13.8. The average Bonchev–Trinajstić information content (AvgIpc) is 3.55. The minimum Gasteiger partial charge on any atom is -0.460 e. The summed E-state index contributed by atoms with van der Waals surface area (Å²) in [7, 11) is -4.11. The maximum absolute atomic E-state index is 13.8. The zero-order chi connectivity index (χ0) is 28.1. The maximum Gasteiger partial charge on any atom is 0.459 e. The number of nitrogens with one attached hydrogen (secondary N) is 1. The van der Waals surface area contributed by atoms with Crippen LogP contribution in [-0.2, 0) is 30.0 Å². The molecule has 4 aromatic rings. The van der Waals surface area contributed by atoms with Crippen LogP contribution in [-0.4, -0.2) is 55.5 Å². The van der Waals surface area contributed by atoms with Crippen LogP contribution in [0.5, 0.6) is 5.75 Å². The molecule has 1 fully saturated rings. The molecule has 210 valence electrons. The van der Waals surface area contributed by atoms with Crippen molar-refractivity contribution in [3.05, 3.63) is 78.9 Å². The van der Waals surface area contributed by atoms with Gasteiger partial charge in [-0.1, -0.05) is 48.5 Å². The third kappa shape index (κ3) is 6.46. The first kappa shape index (κ1) is 27.7. The van der Waals surface area contributed by atoms with Crippen LogP contribution in [0.3, 0.4) is 0 Å². The predicted molar refractivity (Wildman–Crippen MR) is 144 cm³/mol. The summed E-state index contributed by atoms with van der Waals surface area (Å²) in [6.07, 6.45) is 0.503. The normalized spacial score (nSPS) is 21.1. The Kier molecular flexibility index (Phi) is 8.38. The fraction of sp³-hybridized carbons (Fsp3) is 0.308. The molecule has 0 saturated carbocycles. The van der Waals surface area contributed by atoms with E-state index < -0.39 is 38.2 Å². The minimum absolute atomic E-state index is 0.0606. The fourth-order valence-electron chi connectivity index (χ4n) is 4.18. The lowest BCUT2D eigenvalue weighted by Crippen LogP contribution is -2.35. The summed E-state index contributed by atoms with van der Waals surface area (Å²) in [4.78, 5) is 25.0. The number of ether oxygens (including phenoxy) is 2. The highest BCUT2D eigenvalue weighted by molar-refractivity contribution is 7.52. The third-order valence-corrected chi connectivity index (χ3v) is 7.80. The molecule has 0 amide bonds. The van der Waals surface area contributed by atoms with Gasteiger partial charge >= 0.3 is 13.7 Å². The Labute approximate surface area is 229 Å². The van der Waals surface area contributed by atoms with E-state index in [-0.39, 0.29) is 31.2 Å². The van der Waals surface area contributed by atoms with Gasteiger partial charge in [0.1, 0.15) is 36.3 Å². The molecular formula is C26H29N6O7P. The number of hydrogen-bond donors (Lipinski definition) is 3. The molecule has 0 spiro atoms. The molecule has 0 bridgehead atoms. The van der Waals surface area contributed by atoms with Crippen LogP contribution in [0, 0.1) is 0 Å². The quantitative estimate of drug-likeness (QED) is 0.179. The number of aromatic nitrogens is 4. The Morgan fingerprint density at radius 1 is 1.18 bits per heavy atom. The van der Waals surface area contributed by atoms with Gasteiger partial charge in [0.25, 0.3) is 0 Å². The number of carbonyl (C=O) groups excluding carboxylic acids is 1. The predicted octanol–water partition coefficient (Wildman–Crippen LogP) is 2.98. The second-order valence-corrected chi connectivity index (χ2v) is 10.9. The van der Waals surface area contributed by atoms with Crippen molar-refractivity contribution >= 4 is 30.7 Å². The van der Waals surface area contributed by atoms with Crippen molar-refractivity contribution in [3.8, 4) is 5.75 Å². The van der Waals surface area contributed by atoms with Crippen LogP contribution in [0.25, 0.3) is 11.2 Å². The summed E-state index contributed by atoms with van der Waals surface area (Å²) >= 11 is 0. The van der Waals surface area contributed by atoms with Crippen LogP contribution >= 0.6 is 7.75 Å². The van der Waals surface area contributed by atoms with E-state index in [2.05, 4.69) is 20.0 Å². The Bertz CT molecular complexity index is 1490. The molecule has 1 aliphatic heterocycles. The standard InChI is InChI=1S/C26H29N6O7P/c1-17(26(34)36-13-18-8-4-2-5-9-18)31-40(35,39-19-10-6-3-7-11-19)37-14-20-12-21(33)25(38-20)32-16-30-22-23(27)28-15-29-24(22)32/h2-11,15-17,20-21,25,33H,12-14H2,1H3,(H,31,35)(H2,27,28,29)/t17-,20-,21?,25+,40+/m0/s1. The SMILES string of the molecule is C[C@H](N[P@@](=O)(OC[C@@H]1CC(O)[C@H](n2cnc3c(N)ncnc32)O1)Oc1ccccc1)C(=O)OCc1ccccc1. The van der Waals surface area contributed by atoms with Crippen molar-refractivity contribution in [3.63, 3.8) is 0 Å². The lowest BCUT2D eigenvalue weighted by Gasteiger charge is -2.24. The lowest BCUT2D eigenvalue weighted by atomic mass is 10.2. The Balaban J connectivity index is 1.25. The van der Waals surface area contributed by atoms with Gasteiger partial charge in [-0.25, -0.2) is 19.5 Å². The van der Waals surface area contributed by atoms with Crippen molar-refractivity contribution in [2.45, 2.75) is 44.4 Å². The van der Waals surface area contributed by atoms with Crippen LogP contribution < -0.4 is 15.3 Å². The number of hydrogen-bond acceptors (Lipinski definition) is 11. The molecule has 5 atom stereocenters. The first-order valence-corrected chi connectivity index (χ1v) is 14.1. The number of esters is 1. The Hall–Kier alpha value is -3.87. The molecule has 0 radical (unpaired) electrons. The number of anilines is 1. The van der Waals surface area contributed by atoms with E-state index in [1.165, 1.54) is 19.6 Å². The van der Waals surface area contributed by atoms with Crippen molar-refractivity contribution in [1.82, 2.24) is 24.6 Å². The van der Waals surface area contributed by atoms with Crippen LogP contribution in [0.15, 0.2) is 73.3 Å². The smallest absolute Gasteiger partial charge is 0.459 e. The Morgan fingerprint density at radius 3 is 2.65 bits per heavy atom. The summed E-state index contributed by atoms with van der Waals surface area (Å²) in [5, 5.41) is 13.4. The molecular weight excluding hydrogens is 539 g/mol. The van der Waals surface area contributed by atoms with E-state index >= 15 is 0 Å². The van der Waals surface area contributed by atoms with Gasteiger partial charge in [-0.3, -0.25) is 13.9 Å². The molecule has 3 heterocycles. The van der Waals surface area contributed by atoms with Gasteiger partial charge in [0.2, 0.25) is 0 Å². The number of nitrogen functional groups attached to an aromatic ring is 1. The van der Waals surface area contributed by atoms with Crippen molar-refractivity contribution < 1.29 is 33.0 Å². The zero-order valence-electron chi connectivity index (χ0n) is 21.6. The van der Waals surface area contributed by atoms with Crippen LogP contribution in [0.2, 0.25) is 0 Å². The number of aliphatic hydroxyl groups excluding tert-OH is 1. The van der Waals surface area contributed by atoms with Gasteiger partial charge in [0, 0.05) is 6.42 Å². The van der Waals surface area contributed by atoms with Gasteiger partial charge in [0.15, 0.2) is 17.7 Å². The molecule has 2 aromatic carbocycles. The molecule has 14 heteroatoms. The number of para-hydroxylation sites is 1. The lowest BCUT2D eigenvalue weighted by molar-refractivity contribution is -0.146. The average molecular weight is 569 g/mol. The summed E-state index contributed by atoms with van der Waals surface area (Å²) in [5.74, 6) is -0.154. The van der Waals surface area contributed by atoms with Crippen molar-refractivity contribution in [2.75, 3.05) is 12.3 Å². The number of fused-ring (bicyclic) bond motifs is 1. The minimum atomic E-state index is -4.11. The highest BCUT2D eigenvalue weighted by Crippen LogP contribution is 2.46. The van der Waals surface area contributed by atoms with Crippen molar-refractivity contribution in [2.24, 2.45) is 0 Å². The molecule has 13 nitrogen and oxygen atoms in total. The molecule has 40 heavy (non-hydrogen) atoms. The third-order valence-electron chi connectivity index (χ3n) is 6.16. The van der Waals surface area contributed by atoms with E-state index in [0.717, 1.165) is 5.56 Å². The van der Waals surface area contributed by atoms with Gasteiger partial charge in [-0.2, -0.15) is 5.09 Å². The monoisotopic (exact) mass is 568 g/mol. The van der Waals surface area contributed by atoms with E-state index in [0.29, 0.717) is 11.2 Å². The van der Waals surface area contributed by atoms with E-state index in [4.69, 9.17) is 24.3 Å². The molecule has 1 saturated heterocycles. The number of imidazole rings is 1. The summed E-state index contributed by atoms with van der Waals surface area (Å²) in [5.41, 5.74) is 7.47. The number of nitrogens with two attached hydrogens (primary N) is 1. The number of carbonyl (C=O) groups is 1. The molecule has 1 unspecified atom stereocenters. The molecule has 4 N–H and O–H groups in total. The van der Waals surface area contributed by atoms with Gasteiger partial charge < -0.3 is 24.8 Å². The second-order valence-electron chi connectivity index (χ2n) is 9.18. The summed E-state index contributed by atoms with van der Waals surface area (Å²) in [6, 6.07) is 16.6. The Morgan fingerprint density at radius 2 is 1.90 bits per heavy atom. The first-order chi connectivity index (χ1) is 19.3. The van der Waals surface area contributed by atoms with E-state index in [1.54, 1.807) is 34.9 Å². The first-order valence-electron chi connectivity index (χ1n) is 12.6. The second kappa shape index (κ2) is 12.1. The van der Waals surface area contributed by atoms with E-state index in [9.17, 15) is 14.5 Å². The number of aliphatic hydroxyl groups is 1. The molecule has 1 aliphatic rings. The van der Waals surface area contributed by atoms with Gasteiger partial charge in [-0.05, 0) is 24.6 Å². The fourth-order valence-corrected chi connectivity index (χ4v) is 5.70. The topological polar surface area (TPSA) is 173 Å². The molecule has 0 aliphatic carbocycles. The molecule has 5 rings (SSSR count). The van der Waals surface area contributed by atoms with Gasteiger partial charge in [0.05, 0.1) is 19.0 Å². The highest BCUT2D eigenvalue weighted by Gasteiger charge is 2.39. The van der Waals surface area contributed by atoms with Crippen LogP contribution in [0.1, 0.15) is 25.1 Å². The summed E-state index contributed by atoms with van der Waals surface area (Å²) < 4.78 is 38.1. The largest absolute Gasteiger partial charge is 0.460 e.